The van der Waals surface area contributed by atoms with Crippen molar-refractivity contribution in [2.24, 2.45) is 0 Å². The first-order valence-corrected chi connectivity index (χ1v) is 12.4. The molecule has 0 spiro atoms. The molecule has 1 fully saturated rings. The van der Waals surface area contributed by atoms with Crippen molar-refractivity contribution in [3.05, 3.63) is 30.0 Å². The molecule has 1 amide bonds. The number of aromatic nitrogens is 1. The molecular formula is C20H29N3O4S2. The number of nitrogens with zero attached hydrogens (tertiary/aromatic N) is 2. The lowest BCUT2D eigenvalue weighted by atomic mass is 9.97. The van der Waals surface area contributed by atoms with E-state index in [-0.39, 0.29) is 16.1 Å². The summed E-state index contributed by atoms with van der Waals surface area (Å²) in [5.41, 5.74) is 1.44. The number of carbonyl (C=O) groups is 1. The molecule has 1 saturated heterocycles. The van der Waals surface area contributed by atoms with Crippen molar-refractivity contribution in [3.8, 4) is 0 Å². The van der Waals surface area contributed by atoms with Crippen LogP contribution in [0.4, 0.5) is 0 Å². The molecule has 1 N–H and O–H groups in total. The van der Waals surface area contributed by atoms with Gasteiger partial charge in [0.05, 0.1) is 23.5 Å². The maximum atomic E-state index is 12.6. The monoisotopic (exact) mass is 439 g/mol. The lowest BCUT2D eigenvalue weighted by molar-refractivity contribution is -0.120. The number of carbonyl (C=O) groups excluding carboxylic acids is 1. The maximum absolute atomic E-state index is 12.6. The van der Waals surface area contributed by atoms with Crippen LogP contribution in [0, 0.1) is 0 Å². The van der Waals surface area contributed by atoms with Crippen molar-refractivity contribution < 1.29 is 17.9 Å². The quantitative estimate of drug-likeness (QED) is 0.495. The van der Waals surface area contributed by atoms with Crippen LogP contribution in [0.3, 0.4) is 0 Å². The molecule has 1 aliphatic heterocycles. The average molecular weight is 440 g/mol. The maximum Gasteiger partial charge on any atom is 0.244 e. The Hall–Kier alpha value is -1.42. The molecule has 0 radical (unpaired) electrons. The second-order valence-corrected chi connectivity index (χ2v) is 10.6. The second kappa shape index (κ2) is 10.6. The fourth-order valence-electron chi connectivity index (χ4n) is 3.38. The Morgan fingerprint density at radius 2 is 2.10 bits per heavy atom. The number of hydrogen-bond donors (Lipinski definition) is 1. The summed E-state index contributed by atoms with van der Waals surface area (Å²) in [6.07, 6.45) is 9.38. The standard InChI is InChI=1S/C20H29N3O4S2/c1-16(20(24)21-10-9-17-5-3-2-4-6-17)28-19-8-7-18(15-22-19)29(25,26)23-11-13-27-14-12-23/h5,7-8,15-16H,2-4,6,9-14H2,1H3,(H,21,24)/t16-/m0/s1. The van der Waals surface area contributed by atoms with Gasteiger partial charge in [-0.25, -0.2) is 13.4 Å². The molecular weight excluding hydrogens is 410 g/mol. The molecule has 1 aliphatic carbocycles. The van der Waals surface area contributed by atoms with Crippen molar-refractivity contribution in [2.45, 2.75) is 54.2 Å². The first-order chi connectivity index (χ1) is 14.0. The third-order valence-corrected chi connectivity index (χ3v) is 8.05. The van der Waals surface area contributed by atoms with Gasteiger partial charge in [-0.1, -0.05) is 23.4 Å². The van der Waals surface area contributed by atoms with Crippen LogP contribution in [0.1, 0.15) is 39.0 Å². The summed E-state index contributed by atoms with van der Waals surface area (Å²) < 4.78 is 31.9. The molecule has 29 heavy (non-hydrogen) atoms. The minimum absolute atomic E-state index is 0.0294. The second-order valence-electron chi connectivity index (χ2n) is 7.26. The lowest BCUT2D eigenvalue weighted by Crippen LogP contribution is -2.40. The predicted molar refractivity (Wildman–Crippen MR) is 113 cm³/mol. The fourth-order valence-corrected chi connectivity index (χ4v) is 5.55. The van der Waals surface area contributed by atoms with Gasteiger partial charge >= 0.3 is 0 Å². The Kier molecular flexibility index (Phi) is 8.11. The average Bonchev–Trinajstić information content (AvgIpc) is 2.75. The molecule has 0 unspecified atom stereocenters. The summed E-state index contributed by atoms with van der Waals surface area (Å²) in [5.74, 6) is -0.0294. The summed E-state index contributed by atoms with van der Waals surface area (Å²) in [4.78, 5) is 16.7. The van der Waals surface area contributed by atoms with Crippen LogP contribution in [0.15, 0.2) is 39.9 Å². The molecule has 1 aromatic heterocycles. The Bertz CT molecular complexity index is 819. The van der Waals surface area contributed by atoms with Crippen LogP contribution in [0.25, 0.3) is 0 Å². The number of sulfonamides is 1. The van der Waals surface area contributed by atoms with Gasteiger partial charge < -0.3 is 10.1 Å². The van der Waals surface area contributed by atoms with Crippen LogP contribution in [-0.2, 0) is 19.6 Å². The molecule has 2 aliphatic rings. The van der Waals surface area contributed by atoms with E-state index in [0.717, 1.165) is 19.3 Å². The summed E-state index contributed by atoms with van der Waals surface area (Å²) in [5, 5.41) is 3.31. The number of pyridine rings is 1. The summed E-state index contributed by atoms with van der Waals surface area (Å²) >= 11 is 1.33. The van der Waals surface area contributed by atoms with E-state index in [4.69, 9.17) is 4.74 Å². The van der Waals surface area contributed by atoms with E-state index >= 15 is 0 Å². The number of amides is 1. The van der Waals surface area contributed by atoms with Gasteiger partial charge in [0.15, 0.2) is 0 Å². The third kappa shape index (κ3) is 6.28. The number of hydrogen-bond acceptors (Lipinski definition) is 6. The van der Waals surface area contributed by atoms with Gasteiger partial charge in [-0.15, -0.1) is 0 Å². The van der Waals surface area contributed by atoms with Crippen molar-refractivity contribution in [1.29, 1.82) is 0 Å². The molecule has 3 rings (SSSR count). The van der Waals surface area contributed by atoms with Gasteiger partial charge in [0, 0.05) is 25.8 Å². The predicted octanol–water partition coefficient (Wildman–Crippen LogP) is 2.59. The topological polar surface area (TPSA) is 88.6 Å². The molecule has 160 valence electrons. The molecule has 2 heterocycles. The Labute approximate surface area is 177 Å². The van der Waals surface area contributed by atoms with Crippen LogP contribution < -0.4 is 5.32 Å². The number of rotatable bonds is 8. The van der Waals surface area contributed by atoms with E-state index < -0.39 is 10.0 Å². The van der Waals surface area contributed by atoms with E-state index in [2.05, 4.69) is 16.4 Å². The van der Waals surface area contributed by atoms with Crippen LogP contribution in [0.2, 0.25) is 0 Å². The Balaban J connectivity index is 1.49. The highest BCUT2D eigenvalue weighted by molar-refractivity contribution is 8.00. The Morgan fingerprint density at radius 3 is 2.76 bits per heavy atom. The minimum Gasteiger partial charge on any atom is -0.379 e. The van der Waals surface area contributed by atoms with E-state index in [0.29, 0.717) is 37.9 Å². The van der Waals surface area contributed by atoms with Gasteiger partial charge in [0.2, 0.25) is 15.9 Å². The number of nitrogens with one attached hydrogen (secondary N) is 1. The lowest BCUT2D eigenvalue weighted by Gasteiger charge is -2.25. The van der Waals surface area contributed by atoms with E-state index in [9.17, 15) is 13.2 Å². The summed E-state index contributed by atoms with van der Waals surface area (Å²) in [6, 6.07) is 3.22. The van der Waals surface area contributed by atoms with Crippen molar-refractivity contribution in [2.75, 3.05) is 32.8 Å². The van der Waals surface area contributed by atoms with Gasteiger partial charge in [-0.2, -0.15) is 4.31 Å². The first kappa shape index (κ1) is 22.3. The van der Waals surface area contributed by atoms with Crippen molar-refractivity contribution in [1.82, 2.24) is 14.6 Å². The number of thioether (sulfide) groups is 1. The number of allylic oxidation sites excluding steroid dienone is 1. The van der Waals surface area contributed by atoms with Gasteiger partial charge in [0.25, 0.3) is 0 Å². The summed E-state index contributed by atoms with van der Waals surface area (Å²) in [7, 11) is -3.55. The van der Waals surface area contributed by atoms with Crippen LogP contribution >= 0.6 is 11.8 Å². The number of morpholine rings is 1. The molecule has 0 saturated carbocycles. The largest absolute Gasteiger partial charge is 0.379 e. The zero-order chi connectivity index (χ0) is 20.7. The van der Waals surface area contributed by atoms with E-state index in [1.165, 1.54) is 40.7 Å². The molecule has 0 aromatic carbocycles. The van der Waals surface area contributed by atoms with Gasteiger partial charge in [-0.05, 0) is 51.2 Å². The molecule has 1 atom stereocenters. The van der Waals surface area contributed by atoms with Gasteiger partial charge in [0.1, 0.15) is 4.90 Å². The highest BCUT2D eigenvalue weighted by Gasteiger charge is 2.26. The summed E-state index contributed by atoms with van der Waals surface area (Å²) in [6.45, 7) is 4.01. The zero-order valence-electron chi connectivity index (χ0n) is 16.8. The molecule has 7 nitrogen and oxygen atoms in total. The fraction of sp³-hybridized carbons (Fsp3) is 0.600. The van der Waals surface area contributed by atoms with E-state index in [1.807, 2.05) is 6.92 Å². The third-order valence-electron chi connectivity index (χ3n) is 5.11. The highest BCUT2D eigenvalue weighted by Crippen LogP contribution is 2.24. The smallest absolute Gasteiger partial charge is 0.244 e. The van der Waals surface area contributed by atoms with Crippen LogP contribution in [-0.4, -0.2) is 61.7 Å². The van der Waals surface area contributed by atoms with Crippen LogP contribution in [0.5, 0.6) is 0 Å². The molecule has 0 bridgehead atoms. The molecule has 9 heteroatoms. The number of ether oxygens (including phenoxy) is 1. The zero-order valence-corrected chi connectivity index (χ0v) is 18.4. The highest BCUT2D eigenvalue weighted by atomic mass is 32.2. The van der Waals surface area contributed by atoms with Gasteiger partial charge in [-0.3, -0.25) is 4.79 Å². The SMILES string of the molecule is C[C@H](Sc1ccc(S(=O)(=O)N2CCOCC2)cn1)C(=O)NCCC1=CCCCC1. The van der Waals surface area contributed by atoms with Crippen molar-refractivity contribution >= 4 is 27.7 Å². The first-order valence-electron chi connectivity index (χ1n) is 10.1. The minimum atomic E-state index is -3.55. The van der Waals surface area contributed by atoms with E-state index in [1.54, 1.807) is 12.1 Å². The van der Waals surface area contributed by atoms with Crippen molar-refractivity contribution in [3.63, 3.8) is 0 Å². The Morgan fingerprint density at radius 1 is 1.31 bits per heavy atom. The normalized spacial score (nSPS) is 19.4. The molecule has 1 aromatic rings.